The van der Waals surface area contributed by atoms with Gasteiger partial charge in [0.25, 0.3) is 5.91 Å². The Morgan fingerprint density at radius 3 is 2.58 bits per heavy atom. The Balaban J connectivity index is 1.29. The van der Waals surface area contributed by atoms with Gasteiger partial charge < -0.3 is 19.5 Å². The monoisotopic (exact) mass is 480 g/mol. The quantitative estimate of drug-likeness (QED) is 0.375. The number of ether oxygens (including phenoxy) is 3. The van der Waals surface area contributed by atoms with Crippen molar-refractivity contribution in [2.75, 3.05) is 31.7 Å². The lowest BCUT2D eigenvalue weighted by Gasteiger charge is -2.18. The molecule has 3 rings (SSSR count). The number of halogens is 1. The van der Waals surface area contributed by atoms with Crippen molar-refractivity contribution in [3.63, 3.8) is 0 Å². The van der Waals surface area contributed by atoms with Crippen LogP contribution in [0.5, 0.6) is 11.5 Å². The molecule has 11 heteroatoms. The molecule has 9 nitrogen and oxygen atoms in total. The maximum Gasteiger partial charge on any atom is 0.306 e. The van der Waals surface area contributed by atoms with Gasteiger partial charge >= 0.3 is 5.97 Å². The first-order valence-electron chi connectivity index (χ1n) is 10.4. The van der Waals surface area contributed by atoms with Gasteiger partial charge in [0, 0.05) is 24.7 Å². The third-order valence-corrected chi connectivity index (χ3v) is 6.11. The minimum atomic E-state index is -3.69. The molecule has 0 aliphatic carbocycles. The number of anilines is 1. The summed E-state index contributed by atoms with van der Waals surface area (Å²) in [5, 5.41) is 2.43. The summed E-state index contributed by atoms with van der Waals surface area (Å²) in [6, 6.07) is 9.82. The molecule has 1 heterocycles. The highest BCUT2D eigenvalue weighted by atomic mass is 32.2. The number of carbonyl (C=O) groups is 2. The Morgan fingerprint density at radius 2 is 1.79 bits per heavy atom. The molecule has 0 aromatic heterocycles. The second kappa shape index (κ2) is 11.6. The number of amides is 1. The SMILES string of the molecule is O=C(COC(=O)CCCCCNS(=O)(=O)c1ccc2c(c1)OCCO2)Nc1cccc(F)c1. The summed E-state index contributed by atoms with van der Waals surface area (Å²) in [6.07, 6.45) is 1.70. The molecule has 0 saturated carbocycles. The molecule has 0 spiro atoms. The molecule has 0 radical (unpaired) electrons. The fourth-order valence-electron chi connectivity index (χ4n) is 3.03. The number of benzene rings is 2. The average molecular weight is 481 g/mol. The largest absolute Gasteiger partial charge is 0.486 e. The Morgan fingerprint density at radius 1 is 1.00 bits per heavy atom. The fraction of sp³-hybridized carbons (Fsp3) is 0.364. The van der Waals surface area contributed by atoms with E-state index in [9.17, 15) is 22.4 Å². The van der Waals surface area contributed by atoms with Crippen molar-refractivity contribution >= 4 is 27.6 Å². The van der Waals surface area contributed by atoms with Crippen LogP contribution in [-0.4, -0.2) is 46.7 Å². The molecule has 2 aromatic carbocycles. The minimum absolute atomic E-state index is 0.0897. The Kier molecular flexibility index (Phi) is 8.61. The van der Waals surface area contributed by atoms with E-state index >= 15 is 0 Å². The first-order chi connectivity index (χ1) is 15.8. The van der Waals surface area contributed by atoms with Gasteiger partial charge in [-0.1, -0.05) is 12.5 Å². The first kappa shape index (κ1) is 24.5. The molecule has 0 unspecified atom stereocenters. The van der Waals surface area contributed by atoms with Crippen LogP contribution in [0.25, 0.3) is 0 Å². The number of carbonyl (C=O) groups excluding carboxylic acids is 2. The summed E-state index contributed by atoms with van der Waals surface area (Å²) >= 11 is 0. The van der Waals surface area contributed by atoms with Crippen molar-refractivity contribution in [3.8, 4) is 11.5 Å². The smallest absolute Gasteiger partial charge is 0.306 e. The van der Waals surface area contributed by atoms with Gasteiger partial charge in [-0.2, -0.15) is 0 Å². The van der Waals surface area contributed by atoms with Gasteiger partial charge in [0.2, 0.25) is 10.0 Å². The molecule has 0 fully saturated rings. The Labute approximate surface area is 191 Å². The number of sulfonamides is 1. The van der Waals surface area contributed by atoms with E-state index in [4.69, 9.17) is 14.2 Å². The summed E-state index contributed by atoms with van der Waals surface area (Å²) in [6.45, 7) is 0.531. The summed E-state index contributed by atoms with van der Waals surface area (Å²) in [5.74, 6) is -0.687. The predicted octanol–water partition coefficient (Wildman–Crippen LogP) is 2.62. The van der Waals surface area contributed by atoms with Gasteiger partial charge in [0.1, 0.15) is 19.0 Å². The molecule has 1 aliphatic heterocycles. The third-order valence-electron chi connectivity index (χ3n) is 4.65. The van der Waals surface area contributed by atoms with E-state index in [2.05, 4.69) is 10.0 Å². The van der Waals surface area contributed by atoms with Gasteiger partial charge in [-0.3, -0.25) is 9.59 Å². The molecule has 1 aliphatic rings. The molecule has 0 atom stereocenters. The molecule has 0 bridgehead atoms. The van der Waals surface area contributed by atoms with Crippen LogP contribution in [-0.2, 0) is 24.3 Å². The first-order valence-corrected chi connectivity index (χ1v) is 11.9. The van der Waals surface area contributed by atoms with Gasteiger partial charge in [0.05, 0.1) is 4.90 Å². The lowest BCUT2D eigenvalue weighted by Crippen LogP contribution is -2.25. The molecular weight excluding hydrogens is 455 g/mol. The Bertz CT molecular complexity index is 1090. The molecule has 178 valence electrons. The predicted molar refractivity (Wildman–Crippen MR) is 117 cm³/mol. The summed E-state index contributed by atoms with van der Waals surface area (Å²) in [7, 11) is -3.69. The van der Waals surface area contributed by atoms with E-state index in [1.807, 2.05) is 0 Å². The third kappa shape index (κ3) is 7.72. The van der Waals surface area contributed by atoms with Crippen LogP contribution in [0.3, 0.4) is 0 Å². The van der Waals surface area contributed by atoms with Gasteiger partial charge in [0.15, 0.2) is 18.1 Å². The van der Waals surface area contributed by atoms with Crippen LogP contribution >= 0.6 is 0 Å². The second-order valence-electron chi connectivity index (χ2n) is 7.23. The fourth-order valence-corrected chi connectivity index (χ4v) is 4.12. The van der Waals surface area contributed by atoms with E-state index in [-0.39, 0.29) is 23.5 Å². The van der Waals surface area contributed by atoms with E-state index in [0.29, 0.717) is 44.0 Å². The summed E-state index contributed by atoms with van der Waals surface area (Å²) in [4.78, 5) is 23.6. The van der Waals surface area contributed by atoms with Crippen molar-refractivity contribution < 1.29 is 36.6 Å². The van der Waals surface area contributed by atoms with Gasteiger partial charge in [-0.25, -0.2) is 17.5 Å². The van der Waals surface area contributed by atoms with Crippen LogP contribution in [0.1, 0.15) is 25.7 Å². The highest BCUT2D eigenvalue weighted by Crippen LogP contribution is 2.32. The number of rotatable bonds is 11. The number of unbranched alkanes of at least 4 members (excludes halogenated alkanes) is 2. The van der Waals surface area contributed by atoms with Crippen LogP contribution < -0.4 is 19.5 Å². The average Bonchev–Trinajstić information content (AvgIpc) is 2.79. The number of nitrogens with one attached hydrogen (secondary N) is 2. The minimum Gasteiger partial charge on any atom is -0.486 e. The van der Waals surface area contributed by atoms with Crippen LogP contribution in [0.15, 0.2) is 47.4 Å². The van der Waals surface area contributed by atoms with Crippen molar-refractivity contribution in [1.82, 2.24) is 4.72 Å². The lowest BCUT2D eigenvalue weighted by atomic mass is 10.2. The normalized spacial score (nSPS) is 12.8. The van der Waals surface area contributed by atoms with Crippen molar-refractivity contribution in [2.45, 2.75) is 30.6 Å². The van der Waals surface area contributed by atoms with Gasteiger partial charge in [-0.15, -0.1) is 0 Å². The van der Waals surface area contributed by atoms with E-state index in [0.717, 1.165) is 6.07 Å². The van der Waals surface area contributed by atoms with Crippen LogP contribution in [0.2, 0.25) is 0 Å². The number of esters is 1. The van der Waals surface area contributed by atoms with Crippen molar-refractivity contribution in [2.24, 2.45) is 0 Å². The van der Waals surface area contributed by atoms with E-state index < -0.39 is 34.3 Å². The zero-order chi connectivity index (χ0) is 23.7. The van der Waals surface area contributed by atoms with Crippen LogP contribution in [0.4, 0.5) is 10.1 Å². The molecule has 1 amide bonds. The zero-order valence-corrected chi connectivity index (χ0v) is 18.7. The molecular formula is C22H25FN2O7S. The number of fused-ring (bicyclic) bond motifs is 1. The molecule has 2 N–H and O–H groups in total. The van der Waals surface area contributed by atoms with E-state index in [1.54, 1.807) is 6.07 Å². The van der Waals surface area contributed by atoms with Crippen molar-refractivity contribution in [3.05, 3.63) is 48.3 Å². The topological polar surface area (TPSA) is 120 Å². The highest BCUT2D eigenvalue weighted by Gasteiger charge is 2.19. The highest BCUT2D eigenvalue weighted by molar-refractivity contribution is 7.89. The molecule has 0 saturated heterocycles. The zero-order valence-electron chi connectivity index (χ0n) is 17.8. The Hall–Kier alpha value is -3.18. The van der Waals surface area contributed by atoms with E-state index in [1.165, 1.54) is 30.3 Å². The summed E-state index contributed by atoms with van der Waals surface area (Å²) in [5.41, 5.74) is 0.273. The van der Waals surface area contributed by atoms with Gasteiger partial charge in [-0.05, 0) is 43.2 Å². The number of hydrogen-bond acceptors (Lipinski definition) is 7. The summed E-state index contributed by atoms with van der Waals surface area (Å²) < 4.78 is 56.1. The lowest BCUT2D eigenvalue weighted by molar-refractivity contribution is -0.147. The second-order valence-corrected chi connectivity index (χ2v) is 9.00. The molecule has 33 heavy (non-hydrogen) atoms. The standard InChI is InChI=1S/C22H25FN2O7S/c23-16-5-4-6-17(13-16)25-21(26)15-32-22(27)7-2-1-3-10-24-33(28,29)18-8-9-19-20(14-18)31-12-11-30-19/h4-6,8-9,13-14,24H,1-3,7,10-12,15H2,(H,25,26). The maximum atomic E-state index is 13.1. The maximum absolute atomic E-state index is 13.1. The molecule has 2 aromatic rings. The van der Waals surface area contributed by atoms with Crippen LogP contribution in [0, 0.1) is 5.82 Å². The number of hydrogen-bond donors (Lipinski definition) is 2. The van der Waals surface area contributed by atoms with Crippen molar-refractivity contribution in [1.29, 1.82) is 0 Å².